The van der Waals surface area contributed by atoms with Crippen LogP contribution in [0.5, 0.6) is 0 Å². The van der Waals surface area contributed by atoms with Gasteiger partial charge in [-0.1, -0.05) is 11.6 Å². The van der Waals surface area contributed by atoms with E-state index < -0.39 is 0 Å². The van der Waals surface area contributed by atoms with E-state index in [1.165, 1.54) is 11.3 Å². The Kier molecular flexibility index (Phi) is 2.18. The number of aromatic nitrogens is 3. The molecule has 1 aliphatic rings. The fourth-order valence-corrected chi connectivity index (χ4v) is 2.66. The van der Waals surface area contributed by atoms with Gasteiger partial charge < -0.3 is 0 Å². The standard InChI is InChI=1S/C10H8ClN3S/c11-9-6-2-1-3-7(6)13-10(14-9)8-4-12-5-15-8/h4-5H,1-3H2. The zero-order valence-electron chi connectivity index (χ0n) is 7.90. The molecule has 2 heterocycles. The zero-order chi connectivity index (χ0) is 10.3. The molecule has 0 N–H and O–H groups in total. The molecule has 0 unspecified atom stereocenters. The minimum absolute atomic E-state index is 0.612. The summed E-state index contributed by atoms with van der Waals surface area (Å²) in [6.07, 6.45) is 4.94. The molecule has 0 amide bonds. The van der Waals surface area contributed by atoms with Gasteiger partial charge in [-0.15, -0.1) is 11.3 Å². The lowest BCUT2D eigenvalue weighted by atomic mass is 10.2. The Morgan fingerprint density at radius 1 is 1.27 bits per heavy atom. The molecule has 0 aliphatic heterocycles. The fraction of sp³-hybridized carbons (Fsp3) is 0.300. The normalized spacial score (nSPS) is 14.2. The van der Waals surface area contributed by atoms with Crippen LogP contribution in [0.3, 0.4) is 0 Å². The third-order valence-corrected chi connectivity index (χ3v) is 3.62. The Balaban J connectivity index is 2.15. The van der Waals surface area contributed by atoms with Gasteiger partial charge >= 0.3 is 0 Å². The van der Waals surface area contributed by atoms with Crippen LogP contribution in [0.15, 0.2) is 11.7 Å². The zero-order valence-corrected chi connectivity index (χ0v) is 9.48. The highest BCUT2D eigenvalue weighted by molar-refractivity contribution is 7.13. The minimum Gasteiger partial charge on any atom is -0.252 e. The summed E-state index contributed by atoms with van der Waals surface area (Å²) < 4.78 is 0. The Labute approximate surface area is 96.2 Å². The van der Waals surface area contributed by atoms with E-state index in [4.69, 9.17) is 11.6 Å². The average Bonchev–Trinajstić information content (AvgIpc) is 2.88. The lowest BCUT2D eigenvalue weighted by molar-refractivity contribution is 0.900. The number of hydrogen-bond donors (Lipinski definition) is 0. The Bertz CT molecular complexity index is 496. The molecule has 15 heavy (non-hydrogen) atoms. The molecule has 0 spiro atoms. The number of rotatable bonds is 1. The lowest BCUT2D eigenvalue weighted by Gasteiger charge is -2.03. The van der Waals surface area contributed by atoms with Gasteiger partial charge in [0, 0.05) is 17.5 Å². The van der Waals surface area contributed by atoms with Gasteiger partial charge in [0.2, 0.25) is 0 Å². The van der Waals surface area contributed by atoms with Crippen molar-refractivity contribution >= 4 is 22.9 Å². The van der Waals surface area contributed by atoms with Gasteiger partial charge in [0.15, 0.2) is 5.82 Å². The summed E-state index contributed by atoms with van der Waals surface area (Å²) in [5.41, 5.74) is 4.02. The van der Waals surface area contributed by atoms with E-state index in [-0.39, 0.29) is 0 Å². The smallest absolute Gasteiger partial charge is 0.172 e. The molecule has 3 nitrogen and oxygen atoms in total. The summed E-state index contributed by atoms with van der Waals surface area (Å²) in [5, 5.41) is 0.612. The lowest BCUT2D eigenvalue weighted by Crippen LogP contribution is -1.96. The van der Waals surface area contributed by atoms with Crippen LogP contribution in [0.2, 0.25) is 5.15 Å². The summed E-state index contributed by atoms with van der Waals surface area (Å²) >= 11 is 7.66. The third kappa shape index (κ3) is 1.54. The van der Waals surface area contributed by atoms with Crippen molar-refractivity contribution < 1.29 is 0 Å². The van der Waals surface area contributed by atoms with Crippen molar-refractivity contribution in [3.05, 3.63) is 28.1 Å². The first-order valence-corrected chi connectivity index (χ1v) is 6.04. The number of thiazole rings is 1. The van der Waals surface area contributed by atoms with E-state index in [0.717, 1.165) is 35.4 Å². The van der Waals surface area contributed by atoms with Gasteiger partial charge in [-0.2, -0.15) is 0 Å². The van der Waals surface area contributed by atoms with Crippen LogP contribution < -0.4 is 0 Å². The summed E-state index contributed by atoms with van der Waals surface area (Å²) in [6, 6.07) is 0. The number of nitrogens with zero attached hydrogens (tertiary/aromatic N) is 3. The second-order valence-electron chi connectivity index (χ2n) is 3.48. The maximum Gasteiger partial charge on any atom is 0.172 e. The fourth-order valence-electron chi connectivity index (χ4n) is 1.82. The van der Waals surface area contributed by atoms with Crippen LogP contribution in [-0.2, 0) is 12.8 Å². The first kappa shape index (κ1) is 9.24. The van der Waals surface area contributed by atoms with Crippen molar-refractivity contribution in [1.82, 2.24) is 15.0 Å². The first-order chi connectivity index (χ1) is 7.34. The van der Waals surface area contributed by atoms with Crippen LogP contribution >= 0.6 is 22.9 Å². The van der Waals surface area contributed by atoms with Crippen molar-refractivity contribution in [3.8, 4) is 10.7 Å². The van der Waals surface area contributed by atoms with Crippen molar-refractivity contribution in [2.45, 2.75) is 19.3 Å². The van der Waals surface area contributed by atoms with Crippen molar-refractivity contribution in [1.29, 1.82) is 0 Å². The molecule has 0 radical (unpaired) electrons. The van der Waals surface area contributed by atoms with Crippen molar-refractivity contribution in [2.75, 3.05) is 0 Å². The molecule has 0 atom stereocenters. The maximum atomic E-state index is 6.12. The summed E-state index contributed by atoms with van der Waals surface area (Å²) in [7, 11) is 0. The monoisotopic (exact) mass is 237 g/mol. The molecule has 2 aromatic heterocycles. The molecule has 0 saturated carbocycles. The van der Waals surface area contributed by atoms with Crippen molar-refractivity contribution in [2.24, 2.45) is 0 Å². The topological polar surface area (TPSA) is 38.7 Å². The van der Waals surface area contributed by atoms with Gasteiger partial charge in [-0.3, -0.25) is 4.98 Å². The third-order valence-electron chi connectivity index (χ3n) is 2.54. The van der Waals surface area contributed by atoms with E-state index in [1.807, 2.05) is 0 Å². The van der Waals surface area contributed by atoms with Gasteiger partial charge in [0.25, 0.3) is 0 Å². The molecule has 0 saturated heterocycles. The highest BCUT2D eigenvalue weighted by Gasteiger charge is 2.18. The Hall–Kier alpha value is -1.00. The van der Waals surface area contributed by atoms with Crippen molar-refractivity contribution in [3.63, 3.8) is 0 Å². The van der Waals surface area contributed by atoms with Crippen LogP contribution in [-0.4, -0.2) is 15.0 Å². The predicted octanol–water partition coefficient (Wildman–Crippen LogP) is 2.74. The minimum atomic E-state index is 0.612. The molecule has 2 aromatic rings. The van der Waals surface area contributed by atoms with E-state index in [0.29, 0.717) is 11.0 Å². The van der Waals surface area contributed by atoms with E-state index >= 15 is 0 Å². The largest absolute Gasteiger partial charge is 0.252 e. The van der Waals surface area contributed by atoms with E-state index in [9.17, 15) is 0 Å². The van der Waals surface area contributed by atoms with Crippen LogP contribution in [0.25, 0.3) is 10.7 Å². The molecule has 5 heteroatoms. The second-order valence-corrected chi connectivity index (χ2v) is 4.73. The van der Waals surface area contributed by atoms with E-state index in [1.54, 1.807) is 11.7 Å². The number of aryl methyl sites for hydroxylation is 1. The van der Waals surface area contributed by atoms with Gasteiger partial charge in [0.1, 0.15) is 5.15 Å². The first-order valence-electron chi connectivity index (χ1n) is 4.79. The summed E-state index contributed by atoms with van der Waals surface area (Å²) in [4.78, 5) is 13.8. The van der Waals surface area contributed by atoms with Crippen LogP contribution in [0, 0.1) is 0 Å². The molecule has 0 fully saturated rings. The Morgan fingerprint density at radius 3 is 3.00 bits per heavy atom. The molecule has 76 valence electrons. The second kappa shape index (κ2) is 3.54. The predicted molar refractivity (Wildman–Crippen MR) is 60.2 cm³/mol. The van der Waals surface area contributed by atoms with Gasteiger partial charge in [0.05, 0.1) is 10.4 Å². The van der Waals surface area contributed by atoms with Crippen LogP contribution in [0.1, 0.15) is 17.7 Å². The molecular weight excluding hydrogens is 230 g/mol. The SMILES string of the molecule is Clc1nc(-c2cncs2)nc2c1CCC2. The molecule has 3 rings (SSSR count). The number of halogens is 1. The van der Waals surface area contributed by atoms with Crippen LogP contribution in [0.4, 0.5) is 0 Å². The molecule has 0 aromatic carbocycles. The highest BCUT2D eigenvalue weighted by atomic mass is 35.5. The van der Waals surface area contributed by atoms with E-state index in [2.05, 4.69) is 15.0 Å². The quantitative estimate of drug-likeness (QED) is 0.716. The molecule has 1 aliphatic carbocycles. The van der Waals surface area contributed by atoms with Gasteiger partial charge in [-0.25, -0.2) is 9.97 Å². The summed E-state index contributed by atoms with van der Waals surface area (Å²) in [5.74, 6) is 0.711. The molecular formula is C10H8ClN3S. The average molecular weight is 238 g/mol. The number of hydrogen-bond acceptors (Lipinski definition) is 4. The summed E-state index contributed by atoms with van der Waals surface area (Å²) in [6.45, 7) is 0. The number of fused-ring (bicyclic) bond motifs is 1. The van der Waals surface area contributed by atoms with Gasteiger partial charge in [-0.05, 0) is 19.3 Å². The maximum absolute atomic E-state index is 6.12. The molecule has 0 bridgehead atoms. The Morgan fingerprint density at radius 2 is 2.20 bits per heavy atom. The highest BCUT2D eigenvalue weighted by Crippen LogP contribution is 2.29.